The Bertz CT molecular complexity index is 3280. The lowest BCUT2D eigenvalue weighted by atomic mass is 9.94. The Hall–Kier alpha value is -7.48. The molecule has 11 aromatic rings. The number of anilines is 3. The summed E-state index contributed by atoms with van der Waals surface area (Å²) in [6.07, 6.45) is 0. The van der Waals surface area contributed by atoms with E-state index in [9.17, 15) is 0 Å². The van der Waals surface area contributed by atoms with Gasteiger partial charge in [-0.05, 0) is 130 Å². The van der Waals surface area contributed by atoms with Gasteiger partial charge < -0.3 is 4.90 Å². The molecule has 0 fully saturated rings. The van der Waals surface area contributed by atoms with Gasteiger partial charge in [0, 0.05) is 17.1 Å². The van der Waals surface area contributed by atoms with Gasteiger partial charge in [-0.15, -0.1) is 0 Å². The van der Waals surface area contributed by atoms with E-state index in [2.05, 4.69) is 229 Å². The predicted molar refractivity (Wildman–Crippen MR) is 245 cm³/mol. The van der Waals surface area contributed by atoms with Crippen LogP contribution in [0.15, 0.2) is 224 Å². The molecule has 0 radical (unpaired) electrons. The fourth-order valence-electron chi connectivity index (χ4n) is 8.72. The van der Waals surface area contributed by atoms with Crippen LogP contribution in [0.25, 0.3) is 87.2 Å². The molecule has 0 aliphatic carbocycles. The number of fused-ring (bicyclic) bond motifs is 7. The highest BCUT2D eigenvalue weighted by Crippen LogP contribution is 2.41. The summed E-state index contributed by atoms with van der Waals surface area (Å²) in [5.74, 6) is 0. The SMILES string of the molecule is c1cc(-c2cccc3c2ccc2ccccc23)cc(N(c2ccc(-c3ccc(-c4ccc5ccccc5c4)cc3)cc2)c2ccc3c(ccc4ccccc43)c2)c1. The second-order valence-corrected chi connectivity index (χ2v) is 15.0. The van der Waals surface area contributed by atoms with E-state index >= 15 is 0 Å². The first kappa shape index (κ1) is 32.9. The Labute approximate surface area is 332 Å². The number of benzene rings is 11. The molecule has 11 aromatic carbocycles. The Morgan fingerprint density at radius 1 is 0.211 bits per heavy atom. The van der Waals surface area contributed by atoms with Crippen molar-refractivity contribution < 1.29 is 0 Å². The van der Waals surface area contributed by atoms with Crippen LogP contribution >= 0.6 is 0 Å². The molecule has 0 aliphatic rings. The molecule has 0 unspecified atom stereocenters. The zero-order chi connectivity index (χ0) is 37.7. The summed E-state index contributed by atoms with van der Waals surface area (Å²) in [6.45, 7) is 0. The van der Waals surface area contributed by atoms with E-state index < -0.39 is 0 Å². The zero-order valence-corrected chi connectivity index (χ0v) is 31.3. The molecule has 0 aromatic heterocycles. The lowest BCUT2D eigenvalue weighted by Crippen LogP contribution is -2.10. The molecule has 57 heavy (non-hydrogen) atoms. The van der Waals surface area contributed by atoms with Crippen molar-refractivity contribution in [1.29, 1.82) is 0 Å². The predicted octanol–water partition coefficient (Wildman–Crippen LogP) is 15.9. The van der Waals surface area contributed by atoms with Crippen LogP contribution in [-0.4, -0.2) is 0 Å². The molecule has 0 saturated heterocycles. The molecule has 0 bridgehead atoms. The van der Waals surface area contributed by atoms with Crippen LogP contribution in [0, 0.1) is 0 Å². The van der Waals surface area contributed by atoms with Gasteiger partial charge in [0.15, 0.2) is 0 Å². The van der Waals surface area contributed by atoms with Crippen molar-refractivity contribution in [2.75, 3.05) is 4.90 Å². The van der Waals surface area contributed by atoms with Crippen molar-refractivity contribution >= 4 is 70.9 Å². The van der Waals surface area contributed by atoms with Crippen molar-refractivity contribution in [2.24, 2.45) is 0 Å². The van der Waals surface area contributed by atoms with Crippen LogP contribution in [0.3, 0.4) is 0 Å². The van der Waals surface area contributed by atoms with E-state index in [0.717, 1.165) is 17.1 Å². The molecule has 0 saturated carbocycles. The van der Waals surface area contributed by atoms with Crippen molar-refractivity contribution in [1.82, 2.24) is 0 Å². The van der Waals surface area contributed by atoms with Crippen LogP contribution in [-0.2, 0) is 0 Å². The number of hydrogen-bond donors (Lipinski definition) is 0. The molecule has 0 amide bonds. The van der Waals surface area contributed by atoms with Gasteiger partial charge in [-0.25, -0.2) is 0 Å². The minimum Gasteiger partial charge on any atom is -0.310 e. The van der Waals surface area contributed by atoms with E-state index in [0.29, 0.717) is 0 Å². The van der Waals surface area contributed by atoms with Gasteiger partial charge in [-0.2, -0.15) is 0 Å². The maximum atomic E-state index is 2.39. The average molecular weight is 724 g/mol. The topological polar surface area (TPSA) is 3.24 Å². The molecular weight excluding hydrogens is 687 g/mol. The van der Waals surface area contributed by atoms with Crippen LogP contribution in [0.1, 0.15) is 0 Å². The van der Waals surface area contributed by atoms with E-state index in [-0.39, 0.29) is 0 Å². The third kappa shape index (κ3) is 5.89. The monoisotopic (exact) mass is 723 g/mol. The molecule has 1 nitrogen and oxygen atoms in total. The van der Waals surface area contributed by atoms with Crippen LogP contribution in [0.5, 0.6) is 0 Å². The van der Waals surface area contributed by atoms with Gasteiger partial charge >= 0.3 is 0 Å². The minimum atomic E-state index is 1.10. The normalized spacial score (nSPS) is 11.5. The van der Waals surface area contributed by atoms with Gasteiger partial charge in [0.2, 0.25) is 0 Å². The molecule has 11 rings (SSSR count). The summed E-state index contributed by atoms with van der Waals surface area (Å²) in [6, 6.07) is 82.1. The average Bonchev–Trinajstić information content (AvgIpc) is 3.29. The highest BCUT2D eigenvalue weighted by molar-refractivity contribution is 6.12. The van der Waals surface area contributed by atoms with E-state index in [1.54, 1.807) is 0 Å². The molecule has 0 N–H and O–H groups in total. The highest BCUT2D eigenvalue weighted by atomic mass is 15.1. The molecule has 1 heteroatoms. The van der Waals surface area contributed by atoms with Crippen LogP contribution in [0.4, 0.5) is 17.1 Å². The minimum absolute atomic E-state index is 1.10. The Kier molecular flexibility index (Phi) is 7.89. The Morgan fingerprint density at radius 3 is 1.47 bits per heavy atom. The standard InChI is InChI=1S/C56H37N/c1-2-12-44-35-45(25-23-38(44)9-1)41-21-19-39(20-22-41)40-27-30-48(31-28-40)57(50-32-34-54-47(37-50)26-24-42-10-3-5-15-51(42)54)49-14-7-13-46(36-49)53-17-8-18-55-52-16-6-4-11-43(52)29-33-56(53)55/h1-37H. The fraction of sp³-hybridized carbons (Fsp3) is 0. The maximum Gasteiger partial charge on any atom is 0.0468 e. The first-order valence-corrected chi connectivity index (χ1v) is 19.7. The van der Waals surface area contributed by atoms with Gasteiger partial charge in [0.25, 0.3) is 0 Å². The third-order valence-corrected chi connectivity index (χ3v) is 11.6. The lowest BCUT2D eigenvalue weighted by Gasteiger charge is -2.27. The smallest absolute Gasteiger partial charge is 0.0468 e. The summed E-state index contributed by atoms with van der Waals surface area (Å²) in [5, 5.41) is 12.6. The summed E-state index contributed by atoms with van der Waals surface area (Å²) in [4.78, 5) is 2.39. The third-order valence-electron chi connectivity index (χ3n) is 11.6. The number of rotatable bonds is 6. The lowest BCUT2D eigenvalue weighted by molar-refractivity contribution is 1.29. The molecule has 0 atom stereocenters. The molecule has 0 spiro atoms. The summed E-state index contributed by atoms with van der Waals surface area (Å²) in [5.41, 5.74) is 10.6. The second kappa shape index (κ2) is 13.7. The van der Waals surface area contributed by atoms with Gasteiger partial charge in [-0.1, -0.05) is 182 Å². The first-order valence-electron chi connectivity index (χ1n) is 19.7. The fourth-order valence-corrected chi connectivity index (χ4v) is 8.72. The Morgan fingerprint density at radius 2 is 0.702 bits per heavy atom. The largest absolute Gasteiger partial charge is 0.310 e. The van der Waals surface area contributed by atoms with Crippen molar-refractivity contribution in [3.05, 3.63) is 224 Å². The second-order valence-electron chi connectivity index (χ2n) is 15.0. The Balaban J connectivity index is 0.999. The maximum absolute atomic E-state index is 2.39. The van der Waals surface area contributed by atoms with Gasteiger partial charge in [0.05, 0.1) is 0 Å². The van der Waals surface area contributed by atoms with Crippen molar-refractivity contribution in [3.63, 3.8) is 0 Å². The van der Waals surface area contributed by atoms with E-state index in [1.807, 2.05) is 0 Å². The summed E-state index contributed by atoms with van der Waals surface area (Å²) < 4.78 is 0. The molecule has 266 valence electrons. The number of nitrogens with zero attached hydrogens (tertiary/aromatic N) is 1. The summed E-state index contributed by atoms with van der Waals surface area (Å²) >= 11 is 0. The molecular formula is C56H37N. The summed E-state index contributed by atoms with van der Waals surface area (Å²) in [7, 11) is 0. The van der Waals surface area contributed by atoms with Crippen molar-refractivity contribution in [3.8, 4) is 33.4 Å². The number of hydrogen-bond acceptors (Lipinski definition) is 1. The van der Waals surface area contributed by atoms with Crippen molar-refractivity contribution in [2.45, 2.75) is 0 Å². The van der Waals surface area contributed by atoms with Gasteiger partial charge in [-0.3, -0.25) is 0 Å². The van der Waals surface area contributed by atoms with Crippen LogP contribution < -0.4 is 4.90 Å². The van der Waals surface area contributed by atoms with E-state index in [1.165, 1.54) is 87.2 Å². The molecule has 0 aliphatic heterocycles. The highest BCUT2D eigenvalue weighted by Gasteiger charge is 2.16. The quantitative estimate of drug-likeness (QED) is 0.154. The van der Waals surface area contributed by atoms with Crippen LogP contribution in [0.2, 0.25) is 0 Å². The van der Waals surface area contributed by atoms with Gasteiger partial charge in [0.1, 0.15) is 0 Å². The zero-order valence-electron chi connectivity index (χ0n) is 31.3. The van der Waals surface area contributed by atoms with E-state index in [4.69, 9.17) is 0 Å². The molecule has 0 heterocycles. The first-order chi connectivity index (χ1) is 28.2.